The van der Waals surface area contributed by atoms with Gasteiger partial charge in [-0.2, -0.15) is 5.10 Å². The van der Waals surface area contributed by atoms with E-state index in [4.69, 9.17) is 0 Å². The number of benzene rings is 2. The van der Waals surface area contributed by atoms with Crippen LogP contribution in [0.5, 0.6) is 0 Å². The SMILES string of the molecule is c1ccc(CCN2CC(c3[nH]ncc3Cc3ccccc3)C2)cc1. The Bertz CT molecular complexity index is 758. The first kappa shape index (κ1) is 15.2. The summed E-state index contributed by atoms with van der Waals surface area (Å²) in [5, 5.41) is 7.54. The van der Waals surface area contributed by atoms with Crippen molar-refractivity contribution >= 4 is 0 Å². The van der Waals surface area contributed by atoms with Crippen molar-refractivity contribution in [2.45, 2.75) is 18.8 Å². The lowest BCUT2D eigenvalue weighted by molar-refractivity contribution is 0.147. The third kappa shape index (κ3) is 3.41. The molecule has 1 saturated heterocycles. The molecule has 0 radical (unpaired) electrons. The number of rotatable bonds is 6. The Morgan fingerprint density at radius 1 is 0.917 bits per heavy atom. The minimum atomic E-state index is 0.599. The summed E-state index contributed by atoms with van der Waals surface area (Å²) in [6.07, 6.45) is 4.09. The Balaban J connectivity index is 1.32. The standard InChI is InChI=1S/C21H23N3/c1-3-7-17(8-4-1)11-12-24-15-20(16-24)21-19(14-22-23-21)13-18-9-5-2-6-10-18/h1-10,14,20H,11-13,15-16H2,(H,22,23). The summed E-state index contributed by atoms with van der Waals surface area (Å²) in [5.41, 5.74) is 5.44. The number of hydrogen-bond donors (Lipinski definition) is 1. The number of aromatic amines is 1. The monoisotopic (exact) mass is 317 g/mol. The molecule has 2 heterocycles. The lowest BCUT2D eigenvalue weighted by Gasteiger charge is -2.39. The van der Waals surface area contributed by atoms with Crippen LogP contribution >= 0.6 is 0 Å². The van der Waals surface area contributed by atoms with E-state index in [0.29, 0.717) is 5.92 Å². The molecule has 1 aliphatic rings. The van der Waals surface area contributed by atoms with Gasteiger partial charge in [-0.05, 0) is 23.1 Å². The predicted molar refractivity (Wildman–Crippen MR) is 97.2 cm³/mol. The fourth-order valence-corrected chi connectivity index (χ4v) is 3.50. The summed E-state index contributed by atoms with van der Waals surface area (Å²) in [5.74, 6) is 0.599. The van der Waals surface area contributed by atoms with E-state index in [2.05, 4.69) is 75.8 Å². The van der Waals surface area contributed by atoms with Gasteiger partial charge in [0.15, 0.2) is 0 Å². The third-order valence-corrected chi connectivity index (χ3v) is 4.91. The number of nitrogens with one attached hydrogen (secondary N) is 1. The number of likely N-dealkylation sites (tertiary alicyclic amines) is 1. The topological polar surface area (TPSA) is 31.9 Å². The summed E-state index contributed by atoms with van der Waals surface area (Å²) in [6, 6.07) is 21.4. The Hall–Kier alpha value is -2.39. The number of nitrogens with zero attached hydrogens (tertiary/aromatic N) is 2. The van der Waals surface area contributed by atoms with Gasteiger partial charge < -0.3 is 4.90 Å². The maximum atomic E-state index is 4.30. The first-order valence-electron chi connectivity index (χ1n) is 8.71. The molecule has 1 aliphatic heterocycles. The molecule has 1 N–H and O–H groups in total. The van der Waals surface area contributed by atoms with Crippen molar-refractivity contribution in [3.05, 3.63) is 89.2 Å². The van der Waals surface area contributed by atoms with Gasteiger partial charge in [0.05, 0.1) is 6.20 Å². The first-order valence-corrected chi connectivity index (χ1v) is 8.71. The van der Waals surface area contributed by atoms with Crippen LogP contribution in [0.1, 0.15) is 28.3 Å². The Labute approximate surface area is 143 Å². The van der Waals surface area contributed by atoms with Crippen LogP contribution in [0.4, 0.5) is 0 Å². The van der Waals surface area contributed by atoms with E-state index in [-0.39, 0.29) is 0 Å². The van der Waals surface area contributed by atoms with Gasteiger partial charge in [-0.3, -0.25) is 5.10 Å². The van der Waals surface area contributed by atoms with Crippen molar-refractivity contribution in [2.24, 2.45) is 0 Å². The molecule has 0 unspecified atom stereocenters. The van der Waals surface area contributed by atoms with Crippen LogP contribution in [0.15, 0.2) is 66.9 Å². The molecule has 0 bridgehead atoms. The zero-order valence-electron chi connectivity index (χ0n) is 13.9. The van der Waals surface area contributed by atoms with Crippen LogP contribution in [0.2, 0.25) is 0 Å². The van der Waals surface area contributed by atoms with E-state index in [1.165, 1.54) is 22.4 Å². The van der Waals surface area contributed by atoms with E-state index < -0.39 is 0 Å². The largest absolute Gasteiger partial charge is 0.302 e. The molecule has 24 heavy (non-hydrogen) atoms. The molecule has 3 nitrogen and oxygen atoms in total. The molecule has 3 aromatic rings. The summed E-state index contributed by atoms with van der Waals surface area (Å²) in [4.78, 5) is 2.53. The second kappa shape index (κ2) is 7.02. The lowest BCUT2D eigenvalue weighted by Crippen LogP contribution is -2.46. The number of aromatic nitrogens is 2. The highest BCUT2D eigenvalue weighted by atomic mass is 15.2. The highest BCUT2D eigenvalue weighted by molar-refractivity contribution is 5.30. The average molecular weight is 317 g/mol. The van der Waals surface area contributed by atoms with Gasteiger partial charge in [0.2, 0.25) is 0 Å². The van der Waals surface area contributed by atoms with Crippen LogP contribution in [-0.4, -0.2) is 34.7 Å². The van der Waals surface area contributed by atoms with Crippen molar-refractivity contribution < 1.29 is 0 Å². The smallest absolute Gasteiger partial charge is 0.0525 e. The molecule has 0 aliphatic carbocycles. The predicted octanol–water partition coefficient (Wildman–Crippen LogP) is 3.64. The second-order valence-corrected chi connectivity index (χ2v) is 6.66. The zero-order chi connectivity index (χ0) is 16.2. The number of hydrogen-bond acceptors (Lipinski definition) is 2. The summed E-state index contributed by atoms with van der Waals surface area (Å²) >= 11 is 0. The maximum Gasteiger partial charge on any atom is 0.0525 e. The molecule has 2 aromatic carbocycles. The number of H-pyrrole nitrogens is 1. The second-order valence-electron chi connectivity index (χ2n) is 6.66. The first-order chi connectivity index (χ1) is 11.9. The molecule has 0 saturated carbocycles. The Morgan fingerprint density at radius 3 is 2.29 bits per heavy atom. The minimum absolute atomic E-state index is 0.599. The molecule has 0 atom stereocenters. The van der Waals surface area contributed by atoms with Crippen molar-refractivity contribution in [1.82, 2.24) is 15.1 Å². The van der Waals surface area contributed by atoms with Crippen LogP contribution < -0.4 is 0 Å². The van der Waals surface area contributed by atoms with E-state index in [1.807, 2.05) is 6.20 Å². The molecular weight excluding hydrogens is 294 g/mol. The Kier molecular flexibility index (Phi) is 4.43. The van der Waals surface area contributed by atoms with E-state index in [9.17, 15) is 0 Å². The third-order valence-electron chi connectivity index (χ3n) is 4.91. The van der Waals surface area contributed by atoms with Crippen molar-refractivity contribution in [3.8, 4) is 0 Å². The summed E-state index contributed by atoms with van der Waals surface area (Å²) in [6.45, 7) is 3.41. The molecule has 1 fully saturated rings. The molecule has 4 rings (SSSR count). The van der Waals surface area contributed by atoms with Crippen molar-refractivity contribution in [2.75, 3.05) is 19.6 Å². The van der Waals surface area contributed by atoms with Crippen LogP contribution in [0.25, 0.3) is 0 Å². The van der Waals surface area contributed by atoms with Gasteiger partial charge in [-0.1, -0.05) is 60.7 Å². The highest BCUT2D eigenvalue weighted by Gasteiger charge is 2.30. The molecule has 0 spiro atoms. The van der Waals surface area contributed by atoms with Gasteiger partial charge in [0.1, 0.15) is 0 Å². The van der Waals surface area contributed by atoms with Crippen LogP contribution in [0, 0.1) is 0 Å². The van der Waals surface area contributed by atoms with Gasteiger partial charge >= 0.3 is 0 Å². The average Bonchev–Trinajstić information content (AvgIpc) is 3.03. The maximum absolute atomic E-state index is 4.30. The Morgan fingerprint density at radius 2 is 1.58 bits per heavy atom. The van der Waals surface area contributed by atoms with E-state index in [1.54, 1.807) is 0 Å². The fourth-order valence-electron chi connectivity index (χ4n) is 3.50. The summed E-state index contributed by atoms with van der Waals surface area (Å²) < 4.78 is 0. The molecule has 3 heteroatoms. The quantitative estimate of drug-likeness (QED) is 0.752. The van der Waals surface area contributed by atoms with Gasteiger partial charge in [0.25, 0.3) is 0 Å². The van der Waals surface area contributed by atoms with E-state index in [0.717, 1.165) is 32.5 Å². The fraction of sp³-hybridized carbons (Fsp3) is 0.286. The highest BCUT2D eigenvalue weighted by Crippen LogP contribution is 2.29. The molecular formula is C21H23N3. The molecule has 1 aromatic heterocycles. The molecule has 122 valence electrons. The van der Waals surface area contributed by atoms with Crippen LogP contribution in [-0.2, 0) is 12.8 Å². The van der Waals surface area contributed by atoms with Crippen LogP contribution in [0.3, 0.4) is 0 Å². The minimum Gasteiger partial charge on any atom is -0.302 e. The van der Waals surface area contributed by atoms with Gasteiger partial charge in [0, 0.05) is 37.7 Å². The zero-order valence-corrected chi connectivity index (χ0v) is 13.9. The summed E-state index contributed by atoms with van der Waals surface area (Å²) in [7, 11) is 0. The normalized spacial score (nSPS) is 15.3. The lowest BCUT2D eigenvalue weighted by atomic mass is 9.91. The van der Waals surface area contributed by atoms with Crippen molar-refractivity contribution in [3.63, 3.8) is 0 Å². The van der Waals surface area contributed by atoms with E-state index >= 15 is 0 Å². The van der Waals surface area contributed by atoms with Gasteiger partial charge in [-0.25, -0.2) is 0 Å². The van der Waals surface area contributed by atoms with Crippen molar-refractivity contribution in [1.29, 1.82) is 0 Å². The van der Waals surface area contributed by atoms with Gasteiger partial charge in [-0.15, -0.1) is 0 Å². The molecule has 0 amide bonds.